The van der Waals surface area contributed by atoms with Crippen molar-refractivity contribution in [1.29, 1.82) is 5.26 Å². The molecular formula is C20H19NO4S. The molecule has 2 aromatic rings. The Labute approximate surface area is 152 Å². The predicted molar refractivity (Wildman–Crippen MR) is 96.4 cm³/mol. The molecule has 1 aliphatic carbocycles. The SMILES string of the molecule is CCc1ccc(C2C(S(=O)(=O)c3ccc(C)cc3)C2(C#N)C(=O)O)cc1. The van der Waals surface area contributed by atoms with E-state index in [1.165, 1.54) is 12.1 Å². The molecule has 5 nitrogen and oxygen atoms in total. The molecular weight excluding hydrogens is 350 g/mol. The summed E-state index contributed by atoms with van der Waals surface area (Å²) in [6, 6.07) is 15.2. The maximum absolute atomic E-state index is 13.1. The fourth-order valence-corrected chi connectivity index (χ4v) is 5.74. The van der Waals surface area contributed by atoms with Crippen molar-refractivity contribution >= 4 is 15.8 Å². The number of carboxylic acids is 1. The molecule has 1 aliphatic rings. The number of hydrogen-bond acceptors (Lipinski definition) is 4. The van der Waals surface area contributed by atoms with Crippen molar-refractivity contribution in [2.75, 3.05) is 0 Å². The van der Waals surface area contributed by atoms with Crippen molar-refractivity contribution in [3.63, 3.8) is 0 Å². The predicted octanol–water partition coefficient (Wildman–Crippen LogP) is 3.09. The van der Waals surface area contributed by atoms with Crippen LogP contribution in [-0.2, 0) is 21.1 Å². The second-order valence-corrected chi connectivity index (χ2v) is 8.71. The van der Waals surface area contributed by atoms with Crippen LogP contribution in [0, 0.1) is 23.7 Å². The van der Waals surface area contributed by atoms with E-state index in [4.69, 9.17) is 0 Å². The zero-order valence-electron chi connectivity index (χ0n) is 14.5. The average Bonchev–Trinajstić information content (AvgIpc) is 3.34. The minimum absolute atomic E-state index is 0.0432. The fourth-order valence-electron chi connectivity index (χ4n) is 3.49. The Balaban J connectivity index is 2.10. The topological polar surface area (TPSA) is 95.2 Å². The van der Waals surface area contributed by atoms with Crippen molar-refractivity contribution < 1.29 is 18.3 Å². The highest BCUT2D eigenvalue weighted by Crippen LogP contribution is 2.64. The smallest absolute Gasteiger partial charge is 0.326 e. The summed E-state index contributed by atoms with van der Waals surface area (Å²) in [5, 5.41) is 18.0. The van der Waals surface area contributed by atoms with E-state index in [1.807, 2.05) is 26.0 Å². The highest BCUT2D eigenvalue weighted by Gasteiger charge is 2.77. The summed E-state index contributed by atoms with van der Waals surface area (Å²) < 4.78 is 26.2. The maximum Gasteiger partial charge on any atom is 0.326 e. The van der Waals surface area contributed by atoms with Gasteiger partial charge in [0.05, 0.1) is 11.0 Å². The highest BCUT2D eigenvalue weighted by atomic mass is 32.2. The van der Waals surface area contributed by atoms with E-state index < -0.39 is 32.4 Å². The number of nitriles is 1. The van der Waals surface area contributed by atoms with Crippen LogP contribution >= 0.6 is 0 Å². The third kappa shape index (κ3) is 2.60. The summed E-state index contributed by atoms with van der Waals surface area (Å²) in [6.45, 7) is 3.83. The molecule has 0 bridgehead atoms. The lowest BCUT2D eigenvalue weighted by Gasteiger charge is -2.05. The lowest BCUT2D eigenvalue weighted by molar-refractivity contribution is -0.141. The molecule has 1 fully saturated rings. The normalized spacial score (nSPS) is 24.7. The first-order chi connectivity index (χ1) is 12.3. The Hall–Kier alpha value is -2.65. The number of benzene rings is 2. The second kappa shape index (κ2) is 6.26. The first-order valence-electron chi connectivity index (χ1n) is 8.33. The molecule has 134 valence electrons. The van der Waals surface area contributed by atoms with E-state index in [2.05, 4.69) is 0 Å². The molecule has 6 heteroatoms. The van der Waals surface area contributed by atoms with Gasteiger partial charge >= 0.3 is 5.97 Å². The van der Waals surface area contributed by atoms with Gasteiger partial charge in [-0.05, 0) is 36.6 Å². The molecule has 0 radical (unpaired) electrons. The minimum Gasteiger partial charge on any atom is -0.480 e. The van der Waals surface area contributed by atoms with E-state index in [0.717, 1.165) is 17.5 Å². The molecule has 0 heterocycles. The Kier molecular flexibility index (Phi) is 4.37. The van der Waals surface area contributed by atoms with Gasteiger partial charge < -0.3 is 5.11 Å². The zero-order valence-corrected chi connectivity index (χ0v) is 15.3. The number of hydrogen-bond donors (Lipinski definition) is 1. The summed E-state index contributed by atoms with van der Waals surface area (Å²) in [4.78, 5) is 11.9. The molecule has 2 aromatic carbocycles. The fraction of sp³-hybridized carbons (Fsp3) is 0.300. The van der Waals surface area contributed by atoms with E-state index in [-0.39, 0.29) is 4.90 Å². The summed E-state index contributed by atoms with van der Waals surface area (Å²) in [5.41, 5.74) is 0.561. The number of sulfone groups is 1. The van der Waals surface area contributed by atoms with Crippen LogP contribution in [0.15, 0.2) is 53.4 Å². The Morgan fingerprint density at radius 1 is 1.15 bits per heavy atom. The Bertz CT molecular complexity index is 988. The monoisotopic (exact) mass is 369 g/mol. The van der Waals surface area contributed by atoms with Crippen LogP contribution in [0.2, 0.25) is 0 Å². The summed E-state index contributed by atoms with van der Waals surface area (Å²) in [6.07, 6.45) is 0.818. The van der Waals surface area contributed by atoms with Gasteiger partial charge in [0, 0.05) is 5.92 Å². The van der Waals surface area contributed by atoms with E-state index in [0.29, 0.717) is 5.56 Å². The molecule has 3 rings (SSSR count). The third-order valence-corrected chi connectivity index (χ3v) is 7.34. The molecule has 0 aromatic heterocycles. The zero-order chi connectivity index (χ0) is 19.1. The molecule has 1 saturated carbocycles. The average molecular weight is 369 g/mol. The summed E-state index contributed by atoms with van der Waals surface area (Å²) in [7, 11) is -3.96. The van der Waals surface area contributed by atoms with Gasteiger partial charge in [-0.2, -0.15) is 5.26 Å². The van der Waals surface area contributed by atoms with Crippen LogP contribution in [0.3, 0.4) is 0 Å². The van der Waals surface area contributed by atoms with Crippen LogP contribution in [0.1, 0.15) is 29.5 Å². The second-order valence-electron chi connectivity index (χ2n) is 6.64. The largest absolute Gasteiger partial charge is 0.480 e. The molecule has 3 unspecified atom stereocenters. The van der Waals surface area contributed by atoms with Crippen molar-refractivity contribution in [2.45, 2.75) is 36.3 Å². The Morgan fingerprint density at radius 3 is 2.19 bits per heavy atom. The molecule has 0 amide bonds. The van der Waals surface area contributed by atoms with Gasteiger partial charge in [0.25, 0.3) is 0 Å². The van der Waals surface area contributed by atoms with Crippen LogP contribution in [0.4, 0.5) is 0 Å². The first kappa shape index (κ1) is 18.2. The van der Waals surface area contributed by atoms with Gasteiger partial charge in [0.15, 0.2) is 15.3 Å². The lowest BCUT2D eigenvalue weighted by atomic mass is 9.99. The van der Waals surface area contributed by atoms with Gasteiger partial charge in [-0.15, -0.1) is 0 Å². The highest BCUT2D eigenvalue weighted by molar-refractivity contribution is 7.92. The van der Waals surface area contributed by atoms with Crippen LogP contribution < -0.4 is 0 Å². The third-order valence-electron chi connectivity index (χ3n) is 5.10. The molecule has 1 N–H and O–H groups in total. The number of aryl methyl sites for hydroxylation is 2. The van der Waals surface area contributed by atoms with Gasteiger partial charge in [-0.25, -0.2) is 8.42 Å². The van der Waals surface area contributed by atoms with Gasteiger partial charge in [0.1, 0.15) is 5.25 Å². The van der Waals surface area contributed by atoms with Gasteiger partial charge in [0.2, 0.25) is 0 Å². The quantitative estimate of drug-likeness (QED) is 0.874. The number of aliphatic carboxylic acids is 1. The molecule has 26 heavy (non-hydrogen) atoms. The number of nitrogens with zero attached hydrogens (tertiary/aromatic N) is 1. The van der Waals surface area contributed by atoms with Crippen molar-refractivity contribution in [3.05, 3.63) is 65.2 Å². The van der Waals surface area contributed by atoms with Crippen LogP contribution in [-0.4, -0.2) is 24.7 Å². The van der Waals surface area contributed by atoms with Gasteiger partial charge in [-0.3, -0.25) is 4.79 Å². The number of rotatable bonds is 5. The summed E-state index contributed by atoms with van der Waals surface area (Å²) >= 11 is 0. The van der Waals surface area contributed by atoms with Crippen molar-refractivity contribution in [1.82, 2.24) is 0 Å². The number of carboxylic acid groups (broad SMARTS) is 1. The van der Waals surface area contributed by atoms with Gasteiger partial charge in [-0.1, -0.05) is 48.9 Å². The minimum atomic E-state index is -3.96. The molecule has 0 spiro atoms. The Morgan fingerprint density at radius 2 is 1.73 bits per heavy atom. The molecule has 0 saturated heterocycles. The number of carbonyl (C=O) groups is 1. The standard InChI is InChI=1S/C20H19NO4S/c1-3-14-6-8-15(9-7-14)17-18(20(17,12-21)19(22)23)26(24,25)16-10-4-13(2)5-11-16/h4-11,17-18H,3H2,1-2H3,(H,22,23). The van der Waals surface area contributed by atoms with Crippen molar-refractivity contribution in [2.24, 2.45) is 5.41 Å². The van der Waals surface area contributed by atoms with Crippen LogP contribution in [0.5, 0.6) is 0 Å². The first-order valence-corrected chi connectivity index (χ1v) is 9.87. The molecule has 0 aliphatic heterocycles. The van der Waals surface area contributed by atoms with E-state index >= 15 is 0 Å². The maximum atomic E-state index is 13.1. The summed E-state index contributed by atoms with van der Waals surface area (Å²) in [5.74, 6) is -2.28. The van der Waals surface area contributed by atoms with E-state index in [9.17, 15) is 23.6 Å². The van der Waals surface area contributed by atoms with Crippen molar-refractivity contribution in [3.8, 4) is 6.07 Å². The molecule has 3 atom stereocenters. The lowest BCUT2D eigenvalue weighted by Crippen LogP contribution is -2.22. The van der Waals surface area contributed by atoms with Crippen LogP contribution in [0.25, 0.3) is 0 Å². The van der Waals surface area contributed by atoms with E-state index in [1.54, 1.807) is 30.3 Å².